The van der Waals surface area contributed by atoms with Gasteiger partial charge < -0.3 is 24.1 Å². The van der Waals surface area contributed by atoms with Gasteiger partial charge in [0.25, 0.3) is 10.1 Å². The van der Waals surface area contributed by atoms with Gasteiger partial charge in [-0.25, -0.2) is 14.4 Å². The minimum atomic E-state index is -4.35. The van der Waals surface area contributed by atoms with Crippen LogP contribution >= 0.6 is 0 Å². The van der Waals surface area contributed by atoms with Gasteiger partial charge in [0, 0.05) is 0 Å². The Morgan fingerprint density at radius 3 is 1.50 bits per heavy atom. The highest BCUT2D eigenvalue weighted by atomic mass is 32.2. The molecule has 1 aliphatic heterocycles. The van der Waals surface area contributed by atoms with E-state index in [1.54, 1.807) is 73.7 Å². The lowest BCUT2D eigenvalue weighted by molar-refractivity contribution is -0.283. The summed E-state index contributed by atoms with van der Waals surface area (Å²) in [6.45, 7) is 1.02. The molecule has 1 N–H and O–H groups in total. The molecule has 4 aromatic carbocycles. The summed E-state index contributed by atoms with van der Waals surface area (Å²) < 4.78 is 54.1. The number of aryl methyl sites for hydroxylation is 1. The zero-order valence-corrected chi connectivity index (χ0v) is 25.3. The predicted octanol–water partition coefficient (Wildman–Crippen LogP) is 4.09. The Kier molecular flexibility index (Phi) is 10.2. The molecule has 0 aromatic heterocycles. The van der Waals surface area contributed by atoms with Gasteiger partial charge in [0.05, 0.1) is 28.2 Å². The van der Waals surface area contributed by atoms with Crippen LogP contribution in [0, 0.1) is 6.92 Å². The van der Waals surface area contributed by atoms with Gasteiger partial charge in [-0.2, -0.15) is 8.42 Å². The van der Waals surface area contributed by atoms with E-state index >= 15 is 0 Å². The smallest absolute Gasteiger partial charge is 0.338 e. The fourth-order valence-corrected chi connectivity index (χ4v) is 5.58. The van der Waals surface area contributed by atoms with Crippen LogP contribution in [0.15, 0.2) is 120 Å². The zero-order chi connectivity index (χ0) is 32.7. The Balaban J connectivity index is 1.50. The molecular weight excluding hydrogens is 616 g/mol. The van der Waals surface area contributed by atoms with E-state index < -0.39 is 65.3 Å². The summed E-state index contributed by atoms with van der Waals surface area (Å²) in [6, 6.07) is 29.4. The molecule has 238 valence electrons. The van der Waals surface area contributed by atoms with Crippen molar-refractivity contribution in [1.29, 1.82) is 0 Å². The number of carbonyl (C=O) groups is 3. The van der Waals surface area contributed by atoms with Crippen molar-refractivity contribution in [2.24, 2.45) is 0 Å². The highest BCUT2D eigenvalue weighted by Gasteiger charge is 2.52. The van der Waals surface area contributed by atoms with E-state index in [1.165, 1.54) is 48.5 Å². The molecule has 0 saturated carbocycles. The van der Waals surface area contributed by atoms with E-state index in [0.29, 0.717) is 0 Å². The van der Waals surface area contributed by atoms with Crippen molar-refractivity contribution in [3.05, 3.63) is 138 Å². The molecule has 0 spiro atoms. The van der Waals surface area contributed by atoms with Crippen LogP contribution in [0.3, 0.4) is 0 Å². The summed E-state index contributed by atoms with van der Waals surface area (Å²) in [5.74, 6) is -2.67. The first-order valence-electron chi connectivity index (χ1n) is 14.2. The monoisotopic (exact) mass is 646 g/mol. The van der Waals surface area contributed by atoms with Gasteiger partial charge in [-0.15, -0.1) is 0 Å². The van der Waals surface area contributed by atoms with Gasteiger partial charge in [-0.05, 0) is 55.5 Å². The second-order valence-corrected chi connectivity index (χ2v) is 11.9. The van der Waals surface area contributed by atoms with E-state index in [9.17, 15) is 27.9 Å². The third kappa shape index (κ3) is 7.85. The molecule has 1 fully saturated rings. The molecule has 0 amide bonds. The largest absolute Gasteiger partial charge is 0.452 e. The Hall–Kier alpha value is -4.88. The van der Waals surface area contributed by atoms with Gasteiger partial charge in [-0.1, -0.05) is 72.3 Å². The summed E-state index contributed by atoms with van der Waals surface area (Å²) in [5.41, 5.74) is 1.17. The van der Waals surface area contributed by atoms with Crippen LogP contribution < -0.4 is 0 Å². The van der Waals surface area contributed by atoms with Crippen molar-refractivity contribution in [3.8, 4) is 0 Å². The van der Waals surface area contributed by atoms with Gasteiger partial charge in [0.1, 0.15) is 6.10 Å². The highest BCUT2D eigenvalue weighted by Crippen LogP contribution is 2.30. The van der Waals surface area contributed by atoms with Gasteiger partial charge in [-0.3, -0.25) is 4.18 Å². The molecule has 11 nitrogen and oxygen atoms in total. The first kappa shape index (κ1) is 32.5. The first-order valence-corrected chi connectivity index (χ1v) is 15.6. The Morgan fingerprint density at radius 1 is 0.630 bits per heavy atom. The number of esters is 3. The van der Waals surface area contributed by atoms with Crippen LogP contribution in [0.25, 0.3) is 0 Å². The lowest BCUT2D eigenvalue weighted by Crippen LogP contribution is -2.62. The molecule has 46 heavy (non-hydrogen) atoms. The SMILES string of the molecule is Cc1ccc(S(=O)(=O)OC[C@H]2O[C@@H](O)[C@@H](OC(=O)c3ccccc3)[C@@H](OC(=O)c3ccccc3)[C@@H]2OC(=O)c2ccccc2)cc1. The van der Waals surface area contributed by atoms with Crippen LogP contribution in [-0.2, 0) is 33.2 Å². The van der Waals surface area contributed by atoms with Crippen molar-refractivity contribution >= 4 is 28.0 Å². The molecule has 5 atom stereocenters. The molecular formula is C34H30O11S. The summed E-state index contributed by atoms with van der Waals surface area (Å²) in [4.78, 5) is 39.5. The summed E-state index contributed by atoms with van der Waals surface area (Å²) >= 11 is 0. The summed E-state index contributed by atoms with van der Waals surface area (Å²) in [5, 5.41) is 11.1. The van der Waals surface area contributed by atoms with Crippen LogP contribution in [0.5, 0.6) is 0 Å². The van der Waals surface area contributed by atoms with Crippen LogP contribution in [0.4, 0.5) is 0 Å². The third-order valence-corrected chi connectivity index (χ3v) is 8.36. The quantitative estimate of drug-likeness (QED) is 0.151. The maximum atomic E-state index is 13.3. The molecule has 1 saturated heterocycles. The third-order valence-electron chi connectivity index (χ3n) is 7.06. The molecule has 0 unspecified atom stereocenters. The van der Waals surface area contributed by atoms with Gasteiger partial charge >= 0.3 is 17.9 Å². The molecule has 0 aliphatic carbocycles. The minimum absolute atomic E-state index is 0.111. The lowest BCUT2D eigenvalue weighted by Gasteiger charge is -2.42. The Bertz CT molecular complexity index is 1750. The fourth-order valence-electron chi connectivity index (χ4n) is 4.66. The van der Waals surface area contributed by atoms with Crippen molar-refractivity contribution < 1.29 is 51.0 Å². The van der Waals surface area contributed by atoms with Crippen molar-refractivity contribution in [2.45, 2.75) is 42.5 Å². The number of aliphatic hydroxyl groups excluding tert-OH is 1. The molecule has 0 radical (unpaired) electrons. The van der Waals surface area contributed by atoms with Gasteiger partial charge in [0.15, 0.2) is 24.6 Å². The van der Waals surface area contributed by atoms with E-state index in [4.69, 9.17) is 23.1 Å². The number of ether oxygens (including phenoxy) is 4. The molecule has 1 aliphatic rings. The second kappa shape index (κ2) is 14.5. The normalized spacial score (nSPS) is 21.1. The van der Waals surface area contributed by atoms with Crippen molar-refractivity contribution in [1.82, 2.24) is 0 Å². The van der Waals surface area contributed by atoms with E-state index in [0.717, 1.165) is 5.56 Å². The average molecular weight is 647 g/mol. The molecule has 12 heteroatoms. The zero-order valence-electron chi connectivity index (χ0n) is 24.5. The standard InChI is InChI=1S/C34H30O11S/c1-22-17-19-26(20-18-22)46(39,40)41-21-27-28(43-31(35)23-11-5-2-6-12-23)29(44-32(36)24-13-7-3-8-14-24)30(34(38)42-27)45-33(37)25-15-9-4-10-16-25/h2-20,27-30,34,38H,21H2,1H3/t27-,28-,29+,30+,34-/m1/s1. The number of hydrogen-bond acceptors (Lipinski definition) is 11. The number of aliphatic hydroxyl groups is 1. The topological polar surface area (TPSA) is 152 Å². The molecule has 4 aromatic rings. The number of rotatable bonds is 10. The highest BCUT2D eigenvalue weighted by molar-refractivity contribution is 7.86. The number of carbonyl (C=O) groups excluding carboxylic acids is 3. The maximum Gasteiger partial charge on any atom is 0.338 e. The Labute approximate surface area is 265 Å². The van der Waals surface area contributed by atoms with E-state index in [1.807, 2.05) is 0 Å². The fraction of sp³-hybridized carbons (Fsp3) is 0.206. The van der Waals surface area contributed by atoms with Crippen molar-refractivity contribution in [2.75, 3.05) is 6.61 Å². The first-order chi connectivity index (χ1) is 22.1. The molecule has 0 bridgehead atoms. The average Bonchev–Trinajstić information content (AvgIpc) is 3.08. The number of benzene rings is 4. The maximum absolute atomic E-state index is 13.3. The predicted molar refractivity (Wildman–Crippen MR) is 162 cm³/mol. The Morgan fingerprint density at radius 2 is 1.04 bits per heavy atom. The number of hydrogen-bond donors (Lipinski definition) is 1. The van der Waals surface area contributed by atoms with Crippen molar-refractivity contribution in [3.63, 3.8) is 0 Å². The van der Waals surface area contributed by atoms with E-state index in [-0.39, 0.29) is 21.6 Å². The second-order valence-electron chi connectivity index (χ2n) is 10.3. The van der Waals surface area contributed by atoms with Gasteiger partial charge in [0.2, 0.25) is 0 Å². The van der Waals surface area contributed by atoms with E-state index in [2.05, 4.69) is 0 Å². The lowest BCUT2D eigenvalue weighted by atomic mass is 9.98. The summed E-state index contributed by atoms with van der Waals surface area (Å²) in [7, 11) is -4.35. The molecule has 1 heterocycles. The molecule has 5 rings (SSSR count). The van der Waals surface area contributed by atoms with Crippen LogP contribution in [0.2, 0.25) is 0 Å². The van der Waals surface area contributed by atoms with Crippen LogP contribution in [0.1, 0.15) is 36.6 Å². The van der Waals surface area contributed by atoms with Crippen LogP contribution in [-0.4, -0.2) is 68.7 Å². The minimum Gasteiger partial charge on any atom is -0.452 e. The summed E-state index contributed by atoms with van der Waals surface area (Å²) in [6.07, 6.45) is -8.47.